The molecule has 0 radical (unpaired) electrons. The van der Waals surface area contributed by atoms with E-state index >= 15 is 0 Å². The normalized spacial score (nSPS) is 10.5. The van der Waals surface area contributed by atoms with Crippen molar-refractivity contribution in [3.63, 3.8) is 0 Å². The van der Waals surface area contributed by atoms with E-state index in [-0.39, 0.29) is 11.9 Å². The number of nitrogens with two attached hydrogens (primary N) is 2. The zero-order chi connectivity index (χ0) is 14.5. The van der Waals surface area contributed by atoms with Crippen LogP contribution in [-0.2, 0) is 9.53 Å². The van der Waals surface area contributed by atoms with Crippen LogP contribution >= 0.6 is 0 Å². The Morgan fingerprint density at radius 1 is 0.950 bits per heavy atom. The maximum Gasteiger partial charge on any atom is 0.302 e. The summed E-state index contributed by atoms with van der Waals surface area (Å²) in [5, 5.41) is 0. The summed E-state index contributed by atoms with van der Waals surface area (Å²) in [4.78, 5) is 11.1. The Morgan fingerprint density at radius 3 is 1.70 bits per heavy atom. The minimum absolute atomic E-state index is 0.0277. The van der Waals surface area contributed by atoms with E-state index in [9.17, 15) is 4.79 Å². The average molecular weight is 270 g/mol. The molecule has 2 aromatic rings. The zero-order valence-electron chi connectivity index (χ0n) is 11.4. The van der Waals surface area contributed by atoms with Gasteiger partial charge in [-0.25, -0.2) is 0 Å². The van der Waals surface area contributed by atoms with Crippen molar-refractivity contribution < 1.29 is 9.53 Å². The van der Waals surface area contributed by atoms with Crippen molar-refractivity contribution in [2.45, 2.75) is 12.8 Å². The van der Waals surface area contributed by atoms with Gasteiger partial charge in [0.15, 0.2) is 0 Å². The van der Waals surface area contributed by atoms with Crippen molar-refractivity contribution >= 4 is 17.3 Å². The van der Waals surface area contributed by atoms with Gasteiger partial charge in [0.05, 0.1) is 0 Å². The number of anilines is 2. The van der Waals surface area contributed by atoms with Crippen LogP contribution in [0.15, 0.2) is 48.5 Å². The zero-order valence-corrected chi connectivity index (χ0v) is 11.4. The number of ether oxygens (including phenoxy) is 1. The maximum absolute atomic E-state index is 11.1. The van der Waals surface area contributed by atoms with E-state index in [0.717, 1.165) is 11.1 Å². The third-order valence-corrected chi connectivity index (χ3v) is 3.13. The molecule has 4 nitrogen and oxygen atoms in total. The molecular formula is C16H18N2O2. The summed E-state index contributed by atoms with van der Waals surface area (Å²) >= 11 is 0. The lowest BCUT2D eigenvalue weighted by atomic mass is 9.92. The van der Waals surface area contributed by atoms with Crippen molar-refractivity contribution in [2.75, 3.05) is 18.1 Å². The molecule has 0 saturated carbocycles. The SMILES string of the molecule is CC(=O)OCC(c1ccc(N)cc1)c1ccc(N)cc1. The van der Waals surface area contributed by atoms with Crippen LogP contribution < -0.4 is 11.5 Å². The Kier molecular flexibility index (Phi) is 4.25. The van der Waals surface area contributed by atoms with Gasteiger partial charge >= 0.3 is 5.97 Å². The van der Waals surface area contributed by atoms with E-state index in [0.29, 0.717) is 18.0 Å². The standard InChI is InChI=1S/C16H18N2O2/c1-11(19)20-10-16(12-2-6-14(17)7-3-12)13-4-8-15(18)9-5-13/h2-9,16H,10,17-18H2,1H3. The number of carbonyl (C=O) groups is 1. The average Bonchev–Trinajstić information content (AvgIpc) is 2.42. The summed E-state index contributed by atoms with van der Waals surface area (Å²) in [7, 11) is 0. The minimum atomic E-state index is -0.291. The third kappa shape index (κ3) is 3.51. The minimum Gasteiger partial charge on any atom is -0.465 e. The fourth-order valence-corrected chi connectivity index (χ4v) is 2.04. The molecule has 0 aliphatic rings. The van der Waals surface area contributed by atoms with E-state index in [1.54, 1.807) is 0 Å². The fraction of sp³-hybridized carbons (Fsp3) is 0.188. The monoisotopic (exact) mass is 270 g/mol. The van der Waals surface area contributed by atoms with Gasteiger partial charge in [-0.1, -0.05) is 24.3 Å². The summed E-state index contributed by atoms with van der Waals surface area (Å²) in [5.41, 5.74) is 14.9. The number of hydrogen-bond acceptors (Lipinski definition) is 4. The van der Waals surface area contributed by atoms with Crippen molar-refractivity contribution in [1.82, 2.24) is 0 Å². The first-order valence-corrected chi connectivity index (χ1v) is 6.40. The summed E-state index contributed by atoms with van der Waals surface area (Å²) in [5.74, 6) is -0.319. The highest BCUT2D eigenvalue weighted by Gasteiger charge is 2.15. The largest absolute Gasteiger partial charge is 0.465 e. The quantitative estimate of drug-likeness (QED) is 0.661. The van der Waals surface area contributed by atoms with Crippen LogP contribution in [0.2, 0.25) is 0 Å². The Hall–Kier alpha value is -2.49. The highest BCUT2D eigenvalue weighted by Crippen LogP contribution is 2.26. The molecule has 0 unspecified atom stereocenters. The van der Waals surface area contributed by atoms with Crippen molar-refractivity contribution in [3.8, 4) is 0 Å². The van der Waals surface area contributed by atoms with Gasteiger partial charge in [-0.05, 0) is 35.4 Å². The van der Waals surface area contributed by atoms with Crippen LogP contribution in [0.1, 0.15) is 24.0 Å². The van der Waals surface area contributed by atoms with E-state index in [4.69, 9.17) is 16.2 Å². The summed E-state index contributed by atoms with van der Waals surface area (Å²) in [6.45, 7) is 1.70. The first kappa shape index (κ1) is 13.9. The number of nitrogen functional groups attached to an aromatic ring is 2. The van der Waals surface area contributed by atoms with Crippen molar-refractivity contribution in [2.24, 2.45) is 0 Å². The second-order valence-electron chi connectivity index (χ2n) is 4.69. The molecular weight excluding hydrogens is 252 g/mol. The lowest BCUT2D eigenvalue weighted by Crippen LogP contribution is -2.12. The van der Waals surface area contributed by atoms with Crippen LogP contribution in [-0.4, -0.2) is 12.6 Å². The molecule has 0 bridgehead atoms. The van der Waals surface area contributed by atoms with Gasteiger partial charge in [-0.15, -0.1) is 0 Å². The molecule has 2 aromatic carbocycles. The van der Waals surface area contributed by atoms with Gasteiger partial charge in [-0.2, -0.15) is 0 Å². The summed E-state index contributed by atoms with van der Waals surface area (Å²) < 4.78 is 5.17. The lowest BCUT2D eigenvalue weighted by Gasteiger charge is -2.18. The summed E-state index contributed by atoms with van der Waals surface area (Å²) in [6.07, 6.45) is 0. The smallest absolute Gasteiger partial charge is 0.302 e. The maximum atomic E-state index is 11.1. The van der Waals surface area contributed by atoms with Crippen molar-refractivity contribution in [3.05, 3.63) is 59.7 Å². The van der Waals surface area contributed by atoms with E-state index in [2.05, 4.69) is 0 Å². The predicted octanol–water partition coefficient (Wildman–Crippen LogP) is 2.55. The predicted molar refractivity (Wildman–Crippen MR) is 80.2 cm³/mol. The van der Waals surface area contributed by atoms with Crippen molar-refractivity contribution in [1.29, 1.82) is 0 Å². The van der Waals surface area contributed by atoms with Gasteiger partial charge in [0.2, 0.25) is 0 Å². The van der Waals surface area contributed by atoms with E-state index < -0.39 is 0 Å². The van der Waals surface area contributed by atoms with Gasteiger partial charge < -0.3 is 16.2 Å². The van der Waals surface area contributed by atoms with Gasteiger partial charge in [-0.3, -0.25) is 4.79 Å². The number of benzene rings is 2. The van der Waals surface area contributed by atoms with Crippen LogP contribution in [0, 0.1) is 0 Å². The second-order valence-corrected chi connectivity index (χ2v) is 4.69. The van der Waals surface area contributed by atoms with Crippen LogP contribution in [0.3, 0.4) is 0 Å². The molecule has 0 spiro atoms. The molecule has 0 aliphatic heterocycles. The highest BCUT2D eigenvalue weighted by molar-refractivity contribution is 5.66. The number of rotatable bonds is 4. The topological polar surface area (TPSA) is 78.3 Å². The summed E-state index contributed by atoms with van der Waals surface area (Å²) in [6, 6.07) is 15.1. The molecule has 0 saturated heterocycles. The molecule has 0 aliphatic carbocycles. The number of hydrogen-bond donors (Lipinski definition) is 2. The van der Waals surface area contributed by atoms with Crippen LogP contribution in [0.5, 0.6) is 0 Å². The fourth-order valence-electron chi connectivity index (χ4n) is 2.04. The molecule has 104 valence electrons. The lowest BCUT2D eigenvalue weighted by molar-refractivity contribution is -0.141. The molecule has 20 heavy (non-hydrogen) atoms. The highest BCUT2D eigenvalue weighted by atomic mass is 16.5. The van der Waals surface area contributed by atoms with Crippen LogP contribution in [0.25, 0.3) is 0 Å². The van der Waals surface area contributed by atoms with Crippen LogP contribution in [0.4, 0.5) is 11.4 Å². The number of carbonyl (C=O) groups excluding carboxylic acids is 1. The van der Waals surface area contributed by atoms with Gasteiger partial charge in [0.1, 0.15) is 6.61 Å². The first-order chi connectivity index (χ1) is 9.56. The Balaban J connectivity index is 2.30. The Labute approximate surface area is 118 Å². The van der Waals surface area contributed by atoms with E-state index in [1.807, 2.05) is 48.5 Å². The molecule has 2 rings (SSSR count). The Morgan fingerprint density at radius 2 is 1.35 bits per heavy atom. The van der Waals surface area contributed by atoms with Gasteiger partial charge in [0.25, 0.3) is 0 Å². The molecule has 0 fully saturated rings. The molecule has 0 heterocycles. The second kappa shape index (κ2) is 6.10. The van der Waals surface area contributed by atoms with Gasteiger partial charge in [0, 0.05) is 24.2 Å². The molecule has 0 atom stereocenters. The molecule has 4 N–H and O–H groups in total. The molecule has 0 amide bonds. The first-order valence-electron chi connectivity index (χ1n) is 6.40. The molecule has 4 heteroatoms. The Bertz CT molecular complexity index is 531. The third-order valence-electron chi connectivity index (χ3n) is 3.13. The van der Waals surface area contributed by atoms with E-state index in [1.165, 1.54) is 6.92 Å². The molecule has 0 aromatic heterocycles. The number of esters is 1.